The smallest absolute Gasteiger partial charge is 0.223 e. The molecule has 0 amide bonds. The maximum absolute atomic E-state index is 11.5. The number of hydrogen-bond acceptors (Lipinski definition) is 3. The lowest BCUT2D eigenvalue weighted by molar-refractivity contribution is 0.602. The predicted molar refractivity (Wildman–Crippen MR) is 82.0 cm³/mol. The van der Waals surface area contributed by atoms with Crippen molar-refractivity contribution in [3.05, 3.63) is 21.1 Å². The highest BCUT2D eigenvalue weighted by Crippen LogP contribution is 2.36. The van der Waals surface area contributed by atoms with E-state index >= 15 is 0 Å². The van der Waals surface area contributed by atoms with Crippen molar-refractivity contribution in [1.82, 2.24) is 0 Å². The Morgan fingerprint density at radius 2 is 1.63 bits per heavy atom. The molecule has 0 bridgehead atoms. The minimum atomic E-state index is -3.32. The van der Waals surface area contributed by atoms with Crippen LogP contribution in [0.25, 0.3) is 0 Å². The standard InChI is InChI=1S/C9H11Br2N5O2S/c1-19(17,18)4-2-5(10)7(6(11)3-4)15-9(14)16-8(12)13/h2-3H,1H3,(H6,12,13,14,15,16). The Morgan fingerprint density at radius 1 is 1.16 bits per heavy atom. The van der Waals surface area contributed by atoms with Gasteiger partial charge in [-0.25, -0.2) is 13.4 Å². The first-order valence-electron chi connectivity index (χ1n) is 4.74. The molecule has 0 heterocycles. The Hall–Kier alpha value is -1.13. The Bertz CT molecular complexity index is 642. The van der Waals surface area contributed by atoms with E-state index in [0.29, 0.717) is 14.6 Å². The number of guanidine groups is 2. The van der Waals surface area contributed by atoms with Crippen LogP contribution in [-0.4, -0.2) is 26.6 Å². The summed E-state index contributed by atoms with van der Waals surface area (Å²) in [5.74, 6) is -0.366. The summed E-state index contributed by atoms with van der Waals surface area (Å²) in [6.45, 7) is 0. The number of aliphatic imine (C=N–C) groups is 2. The number of benzene rings is 1. The summed E-state index contributed by atoms with van der Waals surface area (Å²) in [6, 6.07) is 2.84. The van der Waals surface area contributed by atoms with Crippen LogP contribution in [0.3, 0.4) is 0 Å². The second-order valence-electron chi connectivity index (χ2n) is 3.51. The van der Waals surface area contributed by atoms with E-state index in [0.717, 1.165) is 6.26 Å². The van der Waals surface area contributed by atoms with Gasteiger partial charge in [-0.15, -0.1) is 0 Å². The third kappa shape index (κ3) is 4.48. The summed E-state index contributed by atoms with van der Waals surface area (Å²) in [4.78, 5) is 7.69. The molecular formula is C9H11Br2N5O2S. The molecule has 1 rings (SSSR count). The minimum absolute atomic E-state index is 0.144. The van der Waals surface area contributed by atoms with Crippen LogP contribution in [0, 0.1) is 0 Å². The van der Waals surface area contributed by atoms with E-state index in [4.69, 9.17) is 17.2 Å². The highest BCUT2D eigenvalue weighted by Gasteiger charge is 2.13. The Morgan fingerprint density at radius 3 is 2.00 bits per heavy atom. The predicted octanol–water partition coefficient (Wildman–Crippen LogP) is 0.835. The topological polar surface area (TPSA) is 137 Å². The number of nitrogens with two attached hydrogens (primary N) is 3. The van der Waals surface area contributed by atoms with Gasteiger partial charge in [-0.3, -0.25) is 0 Å². The normalized spacial score (nSPS) is 12.3. The van der Waals surface area contributed by atoms with Gasteiger partial charge in [0.15, 0.2) is 15.8 Å². The molecule has 0 saturated heterocycles. The number of hydrogen-bond donors (Lipinski definition) is 3. The van der Waals surface area contributed by atoms with Gasteiger partial charge in [-0.2, -0.15) is 4.99 Å². The van der Waals surface area contributed by atoms with Gasteiger partial charge >= 0.3 is 0 Å². The van der Waals surface area contributed by atoms with Crippen LogP contribution in [-0.2, 0) is 9.84 Å². The zero-order valence-electron chi connectivity index (χ0n) is 9.76. The van der Waals surface area contributed by atoms with Crippen LogP contribution < -0.4 is 17.2 Å². The fourth-order valence-corrected chi connectivity index (χ4v) is 3.47. The van der Waals surface area contributed by atoms with Crippen molar-refractivity contribution in [2.24, 2.45) is 27.2 Å². The molecule has 0 aliphatic carbocycles. The summed E-state index contributed by atoms with van der Waals surface area (Å²) in [5, 5.41) is 0. The Balaban J connectivity index is 3.38. The average Bonchev–Trinajstić information content (AvgIpc) is 2.20. The summed E-state index contributed by atoms with van der Waals surface area (Å²) < 4.78 is 23.8. The van der Waals surface area contributed by atoms with E-state index < -0.39 is 9.84 Å². The largest absolute Gasteiger partial charge is 0.370 e. The van der Waals surface area contributed by atoms with E-state index in [1.165, 1.54) is 12.1 Å². The van der Waals surface area contributed by atoms with Gasteiger partial charge in [0.05, 0.1) is 10.6 Å². The molecular weight excluding hydrogens is 402 g/mol. The summed E-state index contributed by atoms with van der Waals surface area (Å²) in [6.07, 6.45) is 1.11. The molecule has 0 fully saturated rings. The summed E-state index contributed by atoms with van der Waals surface area (Å²) in [5.41, 5.74) is 16.2. The first kappa shape index (κ1) is 15.9. The third-order valence-corrected chi connectivity index (χ3v) is 4.19. The lowest BCUT2D eigenvalue weighted by atomic mass is 10.3. The fraction of sp³-hybridized carbons (Fsp3) is 0.111. The van der Waals surface area contributed by atoms with Crippen LogP contribution >= 0.6 is 31.9 Å². The van der Waals surface area contributed by atoms with E-state index in [1.807, 2.05) is 0 Å². The molecule has 10 heteroatoms. The molecule has 1 aromatic carbocycles. The summed E-state index contributed by atoms with van der Waals surface area (Å²) in [7, 11) is -3.32. The Kier molecular flexibility index (Phi) is 4.93. The molecule has 0 atom stereocenters. The lowest BCUT2D eigenvalue weighted by Crippen LogP contribution is -2.26. The van der Waals surface area contributed by atoms with Crippen molar-refractivity contribution in [1.29, 1.82) is 0 Å². The van der Waals surface area contributed by atoms with Crippen molar-refractivity contribution in [3.63, 3.8) is 0 Å². The van der Waals surface area contributed by atoms with E-state index in [2.05, 4.69) is 41.8 Å². The molecule has 0 aromatic heterocycles. The average molecular weight is 413 g/mol. The van der Waals surface area contributed by atoms with Gasteiger partial charge in [0.25, 0.3) is 0 Å². The van der Waals surface area contributed by atoms with Crippen LogP contribution in [0.2, 0.25) is 0 Å². The second-order valence-corrected chi connectivity index (χ2v) is 7.24. The van der Waals surface area contributed by atoms with Gasteiger partial charge in [0, 0.05) is 15.2 Å². The van der Waals surface area contributed by atoms with Crippen molar-refractivity contribution in [2.45, 2.75) is 4.90 Å². The van der Waals surface area contributed by atoms with Crippen LogP contribution in [0.5, 0.6) is 0 Å². The van der Waals surface area contributed by atoms with Crippen LogP contribution in [0.15, 0.2) is 36.0 Å². The second kappa shape index (κ2) is 5.88. The van der Waals surface area contributed by atoms with Crippen molar-refractivity contribution >= 4 is 59.3 Å². The van der Waals surface area contributed by atoms with Gasteiger partial charge in [-0.05, 0) is 44.0 Å². The highest BCUT2D eigenvalue weighted by atomic mass is 79.9. The number of nitrogens with zero attached hydrogens (tertiary/aromatic N) is 2. The van der Waals surface area contributed by atoms with Gasteiger partial charge < -0.3 is 17.2 Å². The first-order chi connectivity index (χ1) is 8.61. The van der Waals surface area contributed by atoms with Crippen molar-refractivity contribution < 1.29 is 8.42 Å². The first-order valence-corrected chi connectivity index (χ1v) is 8.22. The molecule has 0 aliphatic heterocycles. The number of halogens is 2. The monoisotopic (exact) mass is 411 g/mol. The van der Waals surface area contributed by atoms with Gasteiger partial charge in [0.1, 0.15) is 0 Å². The van der Waals surface area contributed by atoms with E-state index in [9.17, 15) is 8.42 Å². The zero-order valence-corrected chi connectivity index (χ0v) is 13.8. The number of rotatable bonds is 2. The van der Waals surface area contributed by atoms with Crippen molar-refractivity contribution in [2.75, 3.05) is 6.26 Å². The zero-order chi connectivity index (χ0) is 14.8. The molecule has 6 N–H and O–H groups in total. The molecule has 1 aromatic rings. The van der Waals surface area contributed by atoms with Crippen molar-refractivity contribution in [3.8, 4) is 0 Å². The van der Waals surface area contributed by atoms with Gasteiger partial charge in [0.2, 0.25) is 5.96 Å². The third-order valence-electron chi connectivity index (χ3n) is 1.89. The molecule has 0 aliphatic rings. The summed E-state index contributed by atoms with van der Waals surface area (Å²) >= 11 is 6.43. The maximum atomic E-state index is 11.5. The molecule has 7 nitrogen and oxygen atoms in total. The van der Waals surface area contributed by atoms with Gasteiger partial charge in [-0.1, -0.05) is 0 Å². The van der Waals surface area contributed by atoms with E-state index in [1.54, 1.807) is 0 Å². The SMILES string of the molecule is CS(=O)(=O)c1cc(Br)c(N=C(N)N=C(N)N)c(Br)c1. The van der Waals surface area contributed by atoms with E-state index in [-0.39, 0.29) is 16.8 Å². The molecule has 0 spiro atoms. The molecule has 0 unspecified atom stereocenters. The molecule has 104 valence electrons. The lowest BCUT2D eigenvalue weighted by Gasteiger charge is -2.06. The minimum Gasteiger partial charge on any atom is -0.370 e. The highest BCUT2D eigenvalue weighted by molar-refractivity contribution is 9.11. The maximum Gasteiger partial charge on any atom is 0.223 e. The molecule has 19 heavy (non-hydrogen) atoms. The van der Waals surface area contributed by atoms with Crippen LogP contribution in [0.1, 0.15) is 0 Å². The quantitative estimate of drug-likeness (QED) is 0.488. The van der Waals surface area contributed by atoms with Crippen LogP contribution in [0.4, 0.5) is 5.69 Å². The Labute approximate surface area is 127 Å². The number of sulfone groups is 1. The fourth-order valence-electron chi connectivity index (χ4n) is 1.13. The molecule has 0 saturated carbocycles. The molecule has 0 radical (unpaired) electrons.